The first-order valence-electron chi connectivity index (χ1n) is 7.37. The van der Waals surface area contributed by atoms with E-state index < -0.39 is 0 Å². The van der Waals surface area contributed by atoms with Crippen molar-refractivity contribution in [3.8, 4) is 11.3 Å². The Morgan fingerprint density at radius 3 is 2.17 bits per heavy atom. The van der Waals surface area contributed by atoms with Crippen LogP contribution < -0.4 is 32.8 Å². The fraction of sp³-hybridized carbons (Fsp3) is 0.167. The standard InChI is InChI=1S/C18H18N3O2.BrH/c1-19-16(12-17(22)20(2)18(19)23)15-8-10-21(11-9-15)13-14-6-4-3-5-7-14;/h3-12H,13H2,1-2H3;1H/q+1;/p-1. The van der Waals surface area contributed by atoms with Gasteiger partial charge in [-0.15, -0.1) is 0 Å². The Balaban J connectivity index is 0.00000208. The van der Waals surface area contributed by atoms with Gasteiger partial charge in [-0.2, -0.15) is 0 Å². The molecule has 0 fully saturated rings. The third-order valence-corrected chi connectivity index (χ3v) is 3.92. The van der Waals surface area contributed by atoms with E-state index in [-0.39, 0.29) is 28.2 Å². The zero-order valence-electron chi connectivity index (χ0n) is 13.5. The molecule has 0 aliphatic rings. The van der Waals surface area contributed by atoms with Gasteiger partial charge in [-0.25, -0.2) is 9.36 Å². The highest BCUT2D eigenvalue weighted by Crippen LogP contribution is 2.13. The third kappa shape index (κ3) is 3.54. The average Bonchev–Trinajstić information content (AvgIpc) is 2.58. The number of benzene rings is 1. The number of nitrogens with zero attached hydrogens (tertiary/aromatic N) is 3. The van der Waals surface area contributed by atoms with Crippen molar-refractivity contribution in [1.29, 1.82) is 0 Å². The second-order valence-electron chi connectivity index (χ2n) is 5.51. The Hall–Kier alpha value is -2.47. The summed E-state index contributed by atoms with van der Waals surface area (Å²) in [5.41, 5.74) is 2.04. The summed E-state index contributed by atoms with van der Waals surface area (Å²) in [4.78, 5) is 23.9. The van der Waals surface area contributed by atoms with E-state index in [1.807, 2.05) is 42.7 Å². The van der Waals surface area contributed by atoms with Crippen molar-refractivity contribution in [1.82, 2.24) is 9.13 Å². The SMILES string of the molecule is Cn1c(-c2cc[n+](Cc3ccccc3)cc2)cc(=O)n(C)c1=O.[Br-]. The summed E-state index contributed by atoms with van der Waals surface area (Å²) in [5, 5.41) is 0. The predicted molar refractivity (Wildman–Crippen MR) is 88.1 cm³/mol. The lowest BCUT2D eigenvalue weighted by molar-refractivity contribution is -0.688. The second kappa shape index (κ2) is 7.40. The molecule has 1 aromatic carbocycles. The maximum absolute atomic E-state index is 12.0. The lowest BCUT2D eigenvalue weighted by Crippen LogP contribution is -3.00. The van der Waals surface area contributed by atoms with Gasteiger partial charge in [0.05, 0.1) is 5.69 Å². The van der Waals surface area contributed by atoms with E-state index in [1.165, 1.54) is 23.2 Å². The number of rotatable bonds is 3. The molecule has 3 rings (SSSR count). The highest BCUT2D eigenvalue weighted by Gasteiger charge is 2.10. The Kier molecular flexibility index (Phi) is 5.51. The molecule has 2 heterocycles. The zero-order valence-corrected chi connectivity index (χ0v) is 15.1. The van der Waals surface area contributed by atoms with Crippen LogP contribution in [-0.4, -0.2) is 9.13 Å². The van der Waals surface area contributed by atoms with E-state index in [9.17, 15) is 9.59 Å². The summed E-state index contributed by atoms with van der Waals surface area (Å²) in [6.07, 6.45) is 3.90. The normalized spacial score (nSPS) is 10.2. The van der Waals surface area contributed by atoms with E-state index in [0.29, 0.717) is 5.69 Å². The van der Waals surface area contributed by atoms with Gasteiger partial charge in [0.15, 0.2) is 18.9 Å². The maximum Gasteiger partial charge on any atom is 0.330 e. The van der Waals surface area contributed by atoms with Crippen molar-refractivity contribution in [2.24, 2.45) is 14.1 Å². The molecule has 3 aromatic rings. The molecule has 6 heteroatoms. The fourth-order valence-corrected chi connectivity index (χ4v) is 2.54. The second-order valence-corrected chi connectivity index (χ2v) is 5.51. The molecule has 5 nitrogen and oxygen atoms in total. The summed E-state index contributed by atoms with van der Waals surface area (Å²) >= 11 is 0. The highest BCUT2D eigenvalue weighted by molar-refractivity contribution is 5.57. The Morgan fingerprint density at radius 2 is 1.54 bits per heavy atom. The van der Waals surface area contributed by atoms with Crippen LogP contribution in [0.15, 0.2) is 70.5 Å². The molecule has 0 aliphatic heterocycles. The average molecular weight is 388 g/mol. The molecule has 0 unspecified atom stereocenters. The predicted octanol–water partition coefficient (Wildman–Crippen LogP) is -1.91. The first-order chi connectivity index (χ1) is 11.1. The first-order valence-corrected chi connectivity index (χ1v) is 7.37. The van der Waals surface area contributed by atoms with Gasteiger partial charge in [-0.3, -0.25) is 13.9 Å². The Labute approximate surface area is 150 Å². The number of hydrogen-bond donors (Lipinski definition) is 0. The third-order valence-electron chi connectivity index (χ3n) is 3.92. The van der Waals surface area contributed by atoms with Crippen LogP contribution in [-0.2, 0) is 20.6 Å². The number of pyridine rings is 1. The monoisotopic (exact) mass is 387 g/mol. The van der Waals surface area contributed by atoms with Crippen LogP contribution in [0.5, 0.6) is 0 Å². The Bertz CT molecular complexity index is 945. The van der Waals surface area contributed by atoms with Gasteiger partial charge in [-0.1, -0.05) is 30.3 Å². The molecule has 124 valence electrons. The van der Waals surface area contributed by atoms with Gasteiger partial charge in [0, 0.05) is 43.4 Å². The van der Waals surface area contributed by atoms with Crippen LogP contribution in [0.4, 0.5) is 0 Å². The minimum Gasteiger partial charge on any atom is -1.00 e. The van der Waals surface area contributed by atoms with Crippen molar-refractivity contribution < 1.29 is 21.5 Å². The number of aromatic nitrogens is 3. The fourth-order valence-electron chi connectivity index (χ4n) is 2.54. The maximum atomic E-state index is 12.0. The van der Waals surface area contributed by atoms with E-state index in [0.717, 1.165) is 16.7 Å². The van der Waals surface area contributed by atoms with Crippen LogP contribution in [0.3, 0.4) is 0 Å². The minimum atomic E-state index is -0.325. The zero-order chi connectivity index (χ0) is 16.4. The van der Waals surface area contributed by atoms with Gasteiger partial charge < -0.3 is 17.0 Å². The van der Waals surface area contributed by atoms with Gasteiger partial charge in [0.1, 0.15) is 0 Å². The summed E-state index contributed by atoms with van der Waals surface area (Å²) in [6, 6.07) is 15.5. The summed E-state index contributed by atoms with van der Waals surface area (Å²) in [7, 11) is 3.15. The van der Waals surface area contributed by atoms with Gasteiger partial charge in [0.2, 0.25) is 0 Å². The molecule has 0 aliphatic carbocycles. The van der Waals surface area contributed by atoms with Crippen molar-refractivity contribution in [3.05, 3.63) is 87.3 Å². The molecule has 0 spiro atoms. The Morgan fingerprint density at radius 1 is 0.917 bits per heavy atom. The van der Waals surface area contributed by atoms with Crippen LogP contribution >= 0.6 is 0 Å². The van der Waals surface area contributed by atoms with Gasteiger partial charge in [-0.05, 0) is 0 Å². The molecule has 2 aromatic heterocycles. The molecule has 0 saturated heterocycles. The minimum absolute atomic E-state index is 0. The van der Waals surface area contributed by atoms with Crippen LogP contribution in [0.1, 0.15) is 5.56 Å². The molecule has 0 atom stereocenters. The molecule has 0 N–H and O–H groups in total. The molecule has 24 heavy (non-hydrogen) atoms. The lowest BCUT2D eigenvalue weighted by atomic mass is 10.1. The quantitative estimate of drug-likeness (QED) is 0.492. The summed E-state index contributed by atoms with van der Waals surface area (Å²) in [5.74, 6) is 0. The lowest BCUT2D eigenvalue weighted by Gasteiger charge is -2.08. The van der Waals surface area contributed by atoms with Crippen LogP contribution in [0, 0.1) is 0 Å². The smallest absolute Gasteiger partial charge is 0.330 e. The van der Waals surface area contributed by atoms with Crippen molar-refractivity contribution in [3.63, 3.8) is 0 Å². The molecule has 0 radical (unpaired) electrons. The largest absolute Gasteiger partial charge is 1.00 e. The van der Waals surface area contributed by atoms with Gasteiger partial charge in [0.25, 0.3) is 5.56 Å². The van der Waals surface area contributed by atoms with Crippen molar-refractivity contribution in [2.45, 2.75) is 6.54 Å². The summed E-state index contributed by atoms with van der Waals surface area (Å²) < 4.78 is 4.64. The van der Waals surface area contributed by atoms with E-state index in [2.05, 4.69) is 16.7 Å². The van der Waals surface area contributed by atoms with E-state index in [4.69, 9.17) is 0 Å². The van der Waals surface area contributed by atoms with Crippen molar-refractivity contribution in [2.75, 3.05) is 0 Å². The molecule has 0 saturated carbocycles. The topological polar surface area (TPSA) is 47.9 Å². The first kappa shape index (κ1) is 17.9. The van der Waals surface area contributed by atoms with Crippen LogP contribution in [0.2, 0.25) is 0 Å². The van der Waals surface area contributed by atoms with Crippen LogP contribution in [0.25, 0.3) is 11.3 Å². The highest BCUT2D eigenvalue weighted by atomic mass is 79.9. The van der Waals surface area contributed by atoms with Crippen molar-refractivity contribution >= 4 is 0 Å². The molecular formula is C18H18BrN3O2. The number of hydrogen-bond acceptors (Lipinski definition) is 2. The van der Waals surface area contributed by atoms with E-state index >= 15 is 0 Å². The van der Waals surface area contributed by atoms with Gasteiger partial charge >= 0.3 is 5.69 Å². The molecular weight excluding hydrogens is 370 g/mol. The molecule has 0 amide bonds. The summed E-state index contributed by atoms with van der Waals surface area (Å²) in [6.45, 7) is 0.774. The molecule has 0 bridgehead atoms. The van der Waals surface area contributed by atoms with E-state index in [1.54, 1.807) is 7.05 Å². The number of halogens is 1.